The maximum atomic E-state index is 5.54. The average molecular weight is 378 g/mol. The lowest BCUT2D eigenvalue weighted by atomic mass is 10.1. The minimum atomic E-state index is 0.193. The van der Waals surface area contributed by atoms with Crippen LogP contribution in [0.3, 0.4) is 0 Å². The van der Waals surface area contributed by atoms with E-state index in [1.54, 1.807) is 18.0 Å². The van der Waals surface area contributed by atoms with Gasteiger partial charge in [0.25, 0.3) is 0 Å². The number of nitrogens with zero attached hydrogens (tertiary/aromatic N) is 3. The molecule has 0 unspecified atom stereocenters. The summed E-state index contributed by atoms with van der Waals surface area (Å²) in [6, 6.07) is 15.3. The number of hydrogen-bond donors (Lipinski definition) is 1. The topological polar surface area (TPSA) is 64.4 Å². The molecule has 0 aliphatic carbocycles. The highest BCUT2D eigenvalue weighted by atomic mass is 32.1. The highest BCUT2D eigenvalue weighted by molar-refractivity contribution is 7.71. The van der Waals surface area contributed by atoms with Gasteiger partial charge in [-0.05, 0) is 42.0 Å². The predicted molar refractivity (Wildman–Crippen MR) is 107 cm³/mol. The molecule has 6 nitrogen and oxygen atoms in total. The largest absolute Gasteiger partial charge is 0.497 e. The molecule has 1 aromatic heterocycles. The van der Waals surface area contributed by atoms with E-state index in [9.17, 15) is 0 Å². The Balaban J connectivity index is 1.84. The monoisotopic (exact) mass is 378 g/mol. The summed E-state index contributed by atoms with van der Waals surface area (Å²) in [5, 5.41) is 11.5. The predicted octanol–water partition coefficient (Wildman–Crippen LogP) is 3.43. The molecule has 0 spiro atoms. The molecule has 0 aliphatic rings. The van der Waals surface area contributed by atoms with Gasteiger partial charge in [-0.1, -0.05) is 30.2 Å². The van der Waals surface area contributed by atoms with Gasteiger partial charge in [-0.25, -0.2) is 0 Å². The van der Waals surface area contributed by atoms with Crippen molar-refractivity contribution in [2.75, 3.05) is 13.7 Å². The van der Waals surface area contributed by atoms with Crippen LogP contribution in [-0.4, -0.2) is 34.8 Å². The fourth-order valence-electron chi connectivity index (χ4n) is 2.44. The molecule has 0 aliphatic heterocycles. The zero-order valence-corrected chi connectivity index (χ0v) is 15.6. The molecular weight excluding hydrogens is 360 g/mol. The summed E-state index contributed by atoms with van der Waals surface area (Å²) in [7, 11) is 1.64. The van der Waals surface area contributed by atoms with Gasteiger partial charge >= 0.3 is 0 Å². The van der Waals surface area contributed by atoms with Crippen molar-refractivity contribution in [2.45, 2.75) is 6.42 Å². The van der Waals surface area contributed by atoms with E-state index in [2.05, 4.69) is 21.2 Å². The summed E-state index contributed by atoms with van der Waals surface area (Å²) in [5.74, 6) is 4.61. The van der Waals surface area contributed by atoms with Gasteiger partial charge in [0.15, 0.2) is 5.82 Å². The molecule has 0 atom stereocenters. The van der Waals surface area contributed by atoms with Gasteiger partial charge in [0.1, 0.15) is 18.1 Å². The lowest BCUT2D eigenvalue weighted by molar-refractivity contribution is 0.370. The maximum absolute atomic E-state index is 5.54. The van der Waals surface area contributed by atoms with Gasteiger partial charge in [-0.3, -0.25) is 5.10 Å². The van der Waals surface area contributed by atoms with Crippen molar-refractivity contribution < 1.29 is 9.47 Å². The molecule has 27 heavy (non-hydrogen) atoms. The van der Waals surface area contributed by atoms with E-state index in [1.165, 1.54) is 0 Å². The van der Waals surface area contributed by atoms with Crippen LogP contribution in [0.15, 0.2) is 53.6 Å². The first-order valence-electron chi connectivity index (χ1n) is 8.20. The van der Waals surface area contributed by atoms with E-state index < -0.39 is 0 Å². The summed E-state index contributed by atoms with van der Waals surface area (Å²) in [4.78, 5) is 0. The fourth-order valence-corrected chi connectivity index (χ4v) is 2.64. The van der Waals surface area contributed by atoms with Crippen LogP contribution < -0.4 is 9.47 Å². The summed E-state index contributed by atoms with van der Waals surface area (Å²) in [6.07, 6.45) is 7.51. The maximum Gasteiger partial charge on any atom is 0.216 e. The Morgan fingerprint density at radius 3 is 2.78 bits per heavy atom. The number of terminal acetylenes is 1. The number of hydrogen-bond acceptors (Lipinski definition) is 5. The zero-order chi connectivity index (χ0) is 19.1. The van der Waals surface area contributed by atoms with Crippen LogP contribution in [0.2, 0.25) is 0 Å². The van der Waals surface area contributed by atoms with E-state index in [0.717, 1.165) is 16.9 Å². The van der Waals surface area contributed by atoms with E-state index in [1.807, 2.05) is 48.5 Å². The first kappa shape index (κ1) is 18.4. The highest BCUT2D eigenvalue weighted by Gasteiger charge is 2.07. The molecule has 1 N–H and O–H groups in total. The number of nitrogens with one attached hydrogen (secondary N) is 1. The molecule has 0 saturated heterocycles. The smallest absolute Gasteiger partial charge is 0.216 e. The molecule has 0 fully saturated rings. The Labute approximate surface area is 162 Å². The number of aromatic nitrogens is 3. The molecule has 136 valence electrons. The normalized spacial score (nSPS) is 10.7. The quantitative estimate of drug-likeness (QED) is 0.389. The van der Waals surface area contributed by atoms with E-state index in [0.29, 0.717) is 22.8 Å². The summed E-state index contributed by atoms with van der Waals surface area (Å²) in [5.41, 5.74) is 1.87. The molecule has 7 heteroatoms. The Morgan fingerprint density at radius 2 is 2.04 bits per heavy atom. The Morgan fingerprint density at radius 1 is 1.26 bits per heavy atom. The van der Waals surface area contributed by atoms with Crippen LogP contribution in [0.4, 0.5) is 0 Å². The third-order valence-electron chi connectivity index (χ3n) is 3.78. The Kier molecular flexibility index (Phi) is 6.02. The lowest BCUT2D eigenvalue weighted by Crippen LogP contribution is -2.02. The Hall–Kier alpha value is -3.37. The standard InChI is InChI=1S/C20H18N4O2S/c1-3-12-26-18-7-5-4-6-16(18)14-21-24-19(22-23-20(24)27)13-15-8-10-17(25-2)11-9-15/h1,4-11,14H,12-13H2,2H3,(H,23,27)/b21-14-. The molecule has 1 heterocycles. The number of H-pyrrole nitrogens is 1. The second kappa shape index (κ2) is 8.83. The van der Waals surface area contributed by atoms with Gasteiger partial charge < -0.3 is 9.47 Å². The number of aromatic amines is 1. The third-order valence-corrected chi connectivity index (χ3v) is 4.05. The van der Waals surface area contributed by atoms with Gasteiger partial charge in [-0.15, -0.1) is 6.42 Å². The number of benzene rings is 2. The van der Waals surface area contributed by atoms with Crippen LogP contribution >= 0.6 is 12.2 Å². The van der Waals surface area contributed by atoms with Crippen molar-refractivity contribution >= 4 is 18.4 Å². The van der Waals surface area contributed by atoms with Crippen molar-refractivity contribution in [1.82, 2.24) is 14.9 Å². The van der Waals surface area contributed by atoms with Crippen LogP contribution in [0.5, 0.6) is 11.5 Å². The lowest BCUT2D eigenvalue weighted by Gasteiger charge is -2.06. The molecular formula is C20H18N4O2S. The Bertz CT molecular complexity index is 1030. The van der Waals surface area contributed by atoms with Crippen molar-refractivity contribution in [1.29, 1.82) is 0 Å². The number of rotatable bonds is 7. The van der Waals surface area contributed by atoms with Crippen LogP contribution in [0.1, 0.15) is 17.0 Å². The van der Waals surface area contributed by atoms with E-state index in [4.69, 9.17) is 28.1 Å². The molecule has 0 amide bonds. The van der Waals surface area contributed by atoms with Crippen LogP contribution in [0, 0.1) is 17.1 Å². The minimum absolute atomic E-state index is 0.193. The van der Waals surface area contributed by atoms with Gasteiger partial charge in [0.2, 0.25) is 4.77 Å². The van der Waals surface area contributed by atoms with Crippen molar-refractivity contribution in [2.24, 2.45) is 5.10 Å². The second-order valence-electron chi connectivity index (χ2n) is 5.56. The third kappa shape index (κ3) is 4.63. The van der Waals surface area contributed by atoms with E-state index in [-0.39, 0.29) is 6.61 Å². The number of para-hydroxylation sites is 1. The SMILES string of the molecule is C#CCOc1ccccc1/C=N\n1c(Cc2ccc(OC)cc2)n[nH]c1=S. The summed E-state index contributed by atoms with van der Waals surface area (Å²) >= 11 is 5.30. The van der Waals surface area contributed by atoms with E-state index >= 15 is 0 Å². The summed E-state index contributed by atoms with van der Waals surface area (Å²) in [6.45, 7) is 0.193. The van der Waals surface area contributed by atoms with Crippen molar-refractivity contribution in [3.05, 3.63) is 70.3 Å². The van der Waals surface area contributed by atoms with Crippen LogP contribution in [-0.2, 0) is 6.42 Å². The number of methoxy groups -OCH3 is 1. The van der Waals surface area contributed by atoms with Gasteiger partial charge in [0.05, 0.1) is 13.3 Å². The van der Waals surface area contributed by atoms with Crippen molar-refractivity contribution in [3.63, 3.8) is 0 Å². The van der Waals surface area contributed by atoms with Crippen molar-refractivity contribution in [3.8, 4) is 23.8 Å². The number of ether oxygens (including phenoxy) is 2. The van der Waals surface area contributed by atoms with Gasteiger partial charge in [-0.2, -0.15) is 14.9 Å². The molecule has 0 saturated carbocycles. The zero-order valence-electron chi connectivity index (χ0n) is 14.8. The summed E-state index contributed by atoms with van der Waals surface area (Å²) < 4.78 is 12.7. The van der Waals surface area contributed by atoms with Crippen LogP contribution in [0.25, 0.3) is 0 Å². The molecule has 0 bridgehead atoms. The molecule has 3 rings (SSSR count). The van der Waals surface area contributed by atoms with Gasteiger partial charge in [0, 0.05) is 12.0 Å². The second-order valence-corrected chi connectivity index (χ2v) is 5.94. The average Bonchev–Trinajstić information content (AvgIpc) is 3.05. The molecule has 2 aromatic carbocycles. The first-order chi connectivity index (χ1) is 13.2. The molecule has 0 radical (unpaired) electrons. The highest BCUT2D eigenvalue weighted by Crippen LogP contribution is 2.17. The fraction of sp³-hybridized carbons (Fsp3) is 0.150. The first-order valence-corrected chi connectivity index (χ1v) is 8.61. The molecule has 3 aromatic rings. The minimum Gasteiger partial charge on any atom is -0.497 e.